The molecule has 0 atom stereocenters. The van der Waals surface area contributed by atoms with Gasteiger partial charge < -0.3 is 5.32 Å². The smallest absolute Gasteiger partial charge is 0.0775 e. The van der Waals surface area contributed by atoms with Gasteiger partial charge in [0.25, 0.3) is 0 Å². The number of hydrogen-bond acceptors (Lipinski definition) is 1. The Morgan fingerprint density at radius 3 is 1.88 bits per heavy atom. The van der Waals surface area contributed by atoms with Crippen LogP contribution < -0.4 is 10.5 Å². The Kier molecular flexibility index (Phi) is 3.97. The van der Waals surface area contributed by atoms with Crippen molar-refractivity contribution in [1.29, 1.82) is 0 Å². The van der Waals surface area contributed by atoms with Crippen molar-refractivity contribution in [1.82, 2.24) is 5.32 Å². The van der Waals surface area contributed by atoms with Crippen molar-refractivity contribution in [2.24, 2.45) is 0 Å². The first-order chi connectivity index (χ1) is 7.18. The lowest BCUT2D eigenvalue weighted by Gasteiger charge is -2.21. The van der Waals surface area contributed by atoms with Crippen LogP contribution >= 0.6 is 0 Å². The summed E-state index contributed by atoms with van der Waals surface area (Å²) < 4.78 is 0. The second kappa shape index (κ2) is 4.72. The predicted octanol–water partition coefficient (Wildman–Crippen LogP) is 3.12. The molecule has 90 valence electrons. The Balaban J connectivity index is 2.66. The maximum absolute atomic E-state index is 3.51. The largest absolute Gasteiger partial charge is 0.308 e. The van der Waals surface area contributed by atoms with Crippen molar-refractivity contribution in [2.75, 3.05) is 0 Å². The van der Waals surface area contributed by atoms with Crippen molar-refractivity contribution in [3.8, 4) is 0 Å². The Bertz CT molecular complexity index is 327. The molecule has 1 rings (SSSR count). The summed E-state index contributed by atoms with van der Waals surface area (Å²) in [7, 11) is -1.14. The Labute approximate surface area is 101 Å². The zero-order chi connectivity index (χ0) is 12.4. The SMILES string of the molecule is CC(C)(C)NCc1ccc([Si](C)(C)C)cc1. The summed E-state index contributed by atoms with van der Waals surface area (Å²) >= 11 is 0. The monoisotopic (exact) mass is 235 g/mol. The van der Waals surface area contributed by atoms with Crippen LogP contribution in [0, 0.1) is 0 Å². The molecule has 16 heavy (non-hydrogen) atoms. The summed E-state index contributed by atoms with van der Waals surface area (Å²) in [6.45, 7) is 14.7. The molecule has 0 aliphatic rings. The van der Waals surface area contributed by atoms with E-state index in [9.17, 15) is 0 Å². The van der Waals surface area contributed by atoms with Crippen molar-refractivity contribution < 1.29 is 0 Å². The first kappa shape index (κ1) is 13.5. The van der Waals surface area contributed by atoms with Crippen molar-refractivity contribution in [2.45, 2.75) is 52.5 Å². The quantitative estimate of drug-likeness (QED) is 0.794. The van der Waals surface area contributed by atoms with E-state index < -0.39 is 8.07 Å². The van der Waals surface area contributed by atoms with Gasteiger partial charge in [0.05, 0.1) is 8.07 Å². The molecule has 0 fully saturated rings. The molecule has 1 N–H and O–H groups in total. The Morgan fingerprint density at radius 1 is 1.00 bits per heavy atom. The normalized spacial score (nSPS) is 12.9. The molecular weight excluding hydrogens is 210 g/mol. The van der Waals surface area contributed by atoms with Crippen molar-refractivity contribution in [3.05, 3.63) is 29.8 Å². The molecule has 0 saturated carbocycles. The van der Waals surface area contributed by atoms with Gasteiger partial charge in [0.15, 0.2) is 0 Å². The average molecular weight is 235 g/mol. The van der Waals surface area contributed by atoms with E-state index in [0.29, 0.717) is 0 Å². The maximum atomic E-state index is 3.51. The molecule has 1 aromatic rings. The third-order valence-corrected chi connectivity index (χ3v) is 4.71. The molecule has 0 aromatic heterocycles. The van der Waals surface area contributed by atoms with Gasteiger partial charge in [0, 0.05) is 12.1 Å². The van der Waals surface area contributed by atoms with Crippen LogP contribution in [-0.2, 0) is 6.54 Å². The van der Waals surface area contributed by atoms with Crippen LogP contribution in [0.3, 0.4) is 0 Å². The van der Waals surface area contributed by atoms with Gasteiger partial charge in [-0.1, -0.05) is 49.1 Å². The van der Waals surface area contributed by atoms with Crippen LogP contribution in [0.4, 0.5) is 0 Å². The number of nitrogens with one attached hydrogen (secondary N) is 1. The molecule has 1 nitrogen and oxygen atoms in total. The first-order valence-electron chi connectivity index (χ1n) is 6.03. The molecule has 0 heterocycles. The molecule has 0 aliphatic heterocycles. The highest BCUT2D eigenvalue weighted by Crippen LogP contribution is 2.06. The molecule has 0 amide bonds. The zero-order valence-corrected chi connectivity index (χ0v) is 12.5. The van der Waals surface area contributed by atoms with E-state index in [1.165, 1.54) is 10.8 Å². The fourth-order valence-electron chi connectivity index (χ4n) is 1.49. The molecule has 0 saturated heterocycles. The van der Waals surface area contributed by atoms with E-state index >= 15 is 0 Å². The second-order valence-electron chi connectivity index (χ2n) is 6.55. The van der Waals surface area contributed by atoms with E-state index in [1.807, 2.05) is 0 Å². The Hall–Kier alpha value is -0.603. The highest BCUT2D eigenvalue weighted by molar-refractivity contribution is 6.88. The van der Waals surface area contributed by atoms with E-state index in [2.05, 4.69) is 70.0 Å². The number of rotatable bonds is 3. The van der Waals surface area contributed by atoms with Gasteiger partial charge in [-0.2, -0.15) is 0 Å². The third-order valence-electron chi connectivity index (χ3n) is 2.64. The van der Waals surface area contributed by atoms with Gasteiger partial charge in [0.1, 0.15) is 0 Å². The zero-order valence-electron chi connectivity index (χ0n) is 11.5. The first-order valence-corrected chi connectivity index (χ1v) is 9.53. The Morgan fingerprint density at radius 2 is 1.50 bits per heavy atom. The third kappa shape index (κ3) is 4.50. The molecule has 0 bridgehead atoms. The van der Waals surface area contributed by atoms with Gasteiger partial charge in [-0.15, -0.1) is 0 Å². The van der Waals surface area contributed by atoms with Gasteiger partial charge in [-0.3, -0.25) is 0 Å². The topological polar surface area (TPSA) is 12.0 Å². The molecule has 0 radical (unpaired) electrons. The number of hydrogen-bond donors (Lipinski definition) is 1. The van der Waals surface area contributed by atoms with Gasteiger partial charge >= 0.3 is 0 Å². The van der Waals surface area contributed by atoms with E-state index in [0.717, 1.165) is 6.54 Å². The lowest BCUT2D eigenvalue weighted by molar-refractivity contribution is 0.424. The van der Waals surface area contributed by atoms with Gasteiger partial charge in [0.2, 0.25) is 0 Å². The van der Waals surface area contributed by atoms with Gasteiger partial charge in [-0.05, 0) is 26.3 Å². The second-order valence-corrected chi connectivity index (χ2v) is 11.6. The van der Waals surface area contributed by atoms with Crippen LogP contribution in [0.1, 0.15) is 26.3 Å². The summed E-state index contributed by atoms with van der Waals surface area (Å²) in [5, 5.41) is 5.04. The maximum Gasteiger partial charge on any atom is 0.0775 e. The van der Waals surface area contributed by atoms with Gasteiger partial charge in [-0.25, -0.2) is 0 Å². The minimum Gasteiger partial charge on any atom is -0.308 e. The van der Waals surface area contributed by atoms with Crippen LogP contribution in [-0.4, -0.2) is 13.6 Å². The molecule has 1 aromatic carbocycles. The summed E-state index contributed by atoms with van der Waals surface area (Å²) in [6, 6.07) is 9.11. The molecule has 0 aliphatic carbocycles. The van der Waals surface area contributed by atoms with Crippen LogP contribution in [0.2, 0.25) is 19.6 Å². The fraction of sp³-hybridized carbons (Fsp3) is 0.571. The minimum atomic E-state index is -1.14. The summed E-state index contributed by atoms with van der Waals surface area (Å²) in [5.74, 6) is 0. The minimum absolute atomic E-state index is 0.192. The van der Waals surface area contributed by atoms with E-state index in [4.69, 9.17) is 0 Å². The summed E-state index contributed by atoms with van der Waals surface area (Å²) in [4.78, 5) is 0. The van der Waals surface area contributed by atoms with Crippen LogP contribution in [0.25, 0.3) is 0 Å². The van der Waals surface area contributed by atoms with Crippen molar-refractivity contribution in [3.63, 3.8) is 0 Å². The molecular formula is C14H25NSi. The summed E-state index contributed by atoms with van der Waals surface area (Å²) in [5.41, 5.74) is 1.56. The average Bonchev–Trinajstić information content (AvgIpc) is 2.13. The lowest BCUT2D eigenvalue weighted by atomic mass is 10.1. The highest BCUT2D eigenvalue weighted by Gasteiger charge is 2.15. The lowest BCUT2D eigenvalue weighted by Crippen LogP contribution is -2.38. The summed E-state index contributed by atoms with van der Waals surface area (Å²) in [6.07, 6.45) is 0. The van der Waals surface area contributed by atoms with Crippen LogP contribution in [0.5, 0.6) is 0 Å². The molecule has 0 unspecified atom stereocenters. The predicted molar refractivity (Wildman–Crippen MR) is 76.0 cm³/mol. The molecule has 2 heteroatoms. The highest BCUT2D eigenvalue weighted by atomic mass is 28.3. The van der Waals surface area contributed by atoms with Crippen LogP contribution in [0.15, 0.2) is 24.3 Å². The number of benzene rings is 1. The molecule has 0 spiro atoms. The fourth-order valence-corrected chi connectivity index (χ4v) is 2.66. The van der Waals surface area contributed by atoms with E-state index in [-0.39, 0.29) is 5.54 Å². The van der Waals surface area contributed by atoms with Crippen molar-refractivity contribution >= 4 is 13.3 Å². The van der Waals surface area contributed by atoms with E-state index in [1.54, 1.807) is 0 Å². The standard InChI is InChI=1S/C14H25NSi/c1-14(2,3)15-11-12-7-9-13(10-8-12)16(4,5)6/h7-10,15H,11H2,1-6H3.